The molecule has 178 valence electrons. The summed E-state index contributed by atoms with van der Waals surface area (Å²) < 4.78 is 38.9. The van der Waals surface area contributed by atoms with Gasteiger partial charge in [-0.1, -0.05) is 23.9 Å². The van der Waals surface area contributed by atoms with Crippen molar-refractivity contribution in [2.45, 2.75) is 24.4 Å². The Morgan fingerprint density at radius 3 is 2.70 bits per heavy atom. The minimum Gasteiger partial charge on any atom is -0.369 e. The molecule has 1 aliphatic carbocycles. The van der Waals surface area contributed by atoms with E-state index in [2.05, 4.69) is 10.2 Å². The molecule has 1 aromatic rings. The maximum Gasteiger partial charge on any atom is 0.416 e. The number of allylic oxidation sites excluding steroid dienone is 2. The number of nitrogens with zero attached hydrogens (tertiary/aromatic N) is 3. The predicted octanol–water partition coefficient (Wildman–Crippen LogP) is 3.08. The molecule has 6 nitrogen and oxygen atoms in total. The third-order valence-electron chi connectivity index (χ3n) is 6.11. The largest absolute Gasteiger partial charge is 0.416 e. The summed E-state index contributed by atoms with van der Waals surface area (Å²) in [6, 6.07) is 5.37. The highest BCUT2D eigenvalue weighted by molar-refractivity contribution is 8.04. The molecule has 4 rings (SSSR count). The van der Waals surface area contributed by atoms with Crippen molar-refractivity contribution in [3.63, 3.8) is 0 Å². The van der Waals surface area contributed by atoms with Gasteiger partial charge in [-0.05, 0) is 30.7 Å². The molecule has 2 saturated heterocycles. The molecule has 3 aliphatic rings. The van der Waals surface area contributed by atoms with Gasteiger partial charge in [0, 0.05) is 62.5 Å². The fourth-order valence-electron chi connectivity index (χ4n) is 4.26. The van der Waals surface area contributed by atoms with Crippen LogP contribution in [-0.2, 0) is 15.8 Å². The summed E-state index contributed by atoms with van der Waals surface area (Å²) in [6.07, 6.45) is 0.509. The Kier molecular flexibility index (Phi) is 7.04. The standard InChI is InChI=1S/C23H27F3N4O2S/c1-28-19-6-5-18(31)14-20(19)33-22(28)7-8-27-21(32)15-29-9-11-30(12-10-29)17-4-2-3-16(13-17)23(24,25)26/h2-4,6,13-14,22H,5,7-12,15H2,1H3,(H,27,32). The number of carbonyl (C=O) groups is 2. The van der Waals surface area contributed by atoms with E-state index in [1.807, 2.05) is 22.9 Å². The summed E-state index contributed by atoms with van der Waals surface area (Å²) in [4.78, 5) is 31.1. The molecule has 1 unspecified atom stereocenters. The Labute approximate surface area is 195 Å². The Morgan fingerprint density at radius 1 is 1.21 bits per heavy atom. The molecule has 0 radical (unpaired) electrons. The van der Waals surface area contributed by atoms with E-state index >= 15 is 0 Å². The average Bonchev–Trinajstić information content (AvgIpc) is 3.08. The lowest BCUT2D eigenvalue weighted by atomic mass is 10.1. The van der Waals surface area contributed by atoms with Gasteiger partial charge in [-0.25, -0.2) is 0 Å². The summed E-state index contributed by atoms with van der Waals surface area (Å²) >= 11 is 1.65. The van der Waals surface area contributed by atoms with E-state index in [1.165, 1.54) is 12.1 Å². The fourth-order valence-corrected chi connectivity index (χ4v) is 5.61. The molecule has 2 fully saturated rings. The van der Waals surface area contributed by atoms with E-state index in [-0.39, 0.29) is 23.6 Å². The Balaban J connectivity index is 1.19. The van der Waals surface area contributed by atoms with E-state index in [0.29, 0.717) is 44.8 Å². The number of ketones is 1. The average molecular weight is 481 g/mol. The molecular formula is C23H27F3N4O2S. The number of piperazine rings is 1. The molecule has 0 aromatic heterocycles. The Morgan fingerprint density at radius 2 is 1.97 bits per heavy atom. The first-order valence-electron chi connectivity index (χ1n) is 11.0. The van der Waals surface area contributed by atoms with Crippen molar-refractivity contribution < 1.29 is 22.8 Å². The number of nitrogens with one attached hydrogen (secondary N) is 1. The third-order valence-corrected chi connectivity index (χ3v) is 7.51. The molecule has 1 atom stereocenters. The molecule has 33 heavy (non-hydrogen) atoms. The quantitative estimate of drug-likeness (QED) is 0.676. The number of carbonyl (C=O) groups excluding carboxylic acids is 2. The van der Waals surface area contributed by atoms with Gasteiger partial charge in [0.05, 0.1) is 17.5 Å². The summed E-state index contributed by atoms with van der Waals surface area (Å²) in [5, 5.41) is 3.15. The van der Waals surface area contributed by atoms with Crippen molar-refractivity contribution in [2.24, 2.45) is 0 Å². The van der Waals surface area contributed by atoms with Crippen LogP contribution in [0.3, 0.4) is 0 Å². The number of hydrogen-bond donors (Lipinski definition) is 1. The molecule has 10 heteroatoms. The van der Waals surface area contributed by atoms with E-state index < -0.39 is 11.7 Å². The number of anilines is 1. The lowest BCUT2D eigenvalue weighted by molar-refractivity contribution is -0.137. The first-order valence-corrected chi connectivity index (χ1v) is 11.8. The van der Waals surface area contributed by atoms with E-state index in [9.17, 15) is 22.8 Å². The van der Waals surface area contributed by atoms with Gasteiger partial charge in [0.2, 0.25) is 5.91 Å². The monoisotopic (exact) mass is 480 g/mol. The van der Waals surface area contributed by atoms with Gasteiger partial charge in [0.1, 0.15) is 0 Å². The summed E-state index contributed by atoms with van der Waals surface area (Å²) in [5.74, 6) is 0.0657. The number of benzene rings is 1. The minimum absolute atomic E-state index is 0.0563. The SMILES string of the molecule is CN1C2=CCC(=O)C=C2SC1CCNC(=O)CN1CCN(c2cccc(C(F)(F)F)c2)CC1. The molecule has 0 saturated carbocycles. The maximum absolute atomic E-state index is 13.0. The van der Waals surface area contributed by atoms with Crippen molar-refractivity contribution in [2.75, 3.05) is 51.2 Å². The Bertz CT molecular complexity index is 971. The zero-order valence-corrected chi connectivity index (χ0v) is 19.2. The van der Waals surface area contributed by atoms with Gasteiger partial charge in [-0.3, -0.25) is 14.5 Å². The van der Waals surface area contributed by atoms with Crippen molar-refractivity contribution >= 4 is 29.1 Å². The zero-order chi connectivity index (χ0) is 23.6. The maximum atomic E-state index is 13.0. The highest BCUT2D eigenvalue weighted by Crippen LogP contribution is 2.43. The molecule has 1 N–H and O–H groups in total. The van der Waals surface area contributed by atoms with E-state index in [0.717, 1.165) is 23.1 Å². The van der Waals surface area contributed by atoms with Crippen LogP contribution in [0.2, 0.25) is 0 Å². The van der Waals surface area contributed by atoms with Crippen molar-refractivity contribution in [1.29, 1.82) is 0 Å². The lowest BCUT2D eigenvalue weighted by Crippen LogP contribution is -2.49. The van der Waals surface area contributed by atoms with Gasteiger partial charge >= 0.3 is 6.18 Å². The van der Waals surface area contributed by atoms with E-state index in [1.54, 1.807) is 23.9 Å². The third kappa shape index (κ3) is 5.73. The Hall–Kier alpha value is -2.46. The topological polar surface area (TPSA) is 55.9 Å². The normalized spacial score (nSPS) is 21.6. The number of rotatable bonds is 6. The second-order valence-corrected chi connectivity index (χ2v) is 9.62. The first-order chi connectivity index (χ1) is 15.7. The van der Waals surface area contributed by atoms with Crippen molar-refractivity contribution in [3.8, 4) is 0 Å². The number of amides is 1. The summed E-state index contributed by atoms with van der Waals surface area (Å²) in [5.41, 5.74) is 1.00. The number of alkyl halides is 3. The molecule has 0 bridgehead atoms. The highest BCUT2D eigenvalue weighted by Gasteiger charge is 2.32. The number of likely N-dealkylation sites (N-methyl/N-ethyl adjacent to an activating group) is 1. The molecular weight excluding hydrogens is 453 g/mol. The second-order valence-electron chi connectivity index (χ2n) is 8.40. The smallest absolute Gasteiger partial charge is 0.369 e. The van der Waals surface area contributed by atoms with E-state index in [4.69, 9.17) is 0 Å². The van der Waals surface area contributed by atoms with Crippen LogP contribution in [0.25, 0.3) is 0 Å². The predicted molar refractivity (Wildman–Crippen MR) is 123 cm³/mol. The zero-order valence-electron chi connectivity index (χ0n) is 18.4. The highest BCUT2D eigenvalue weighted by atomic mass is 32.2. The van der Waals surface area contributed by atoms with Crippen molar-refractivity contribution in [3.05, 3.63) is 52.6 Å². The fraction of sp³-hybridized carbons (Fsp3) is 0.478. The molecule has 2 heterocycles. The van der Waals surface area contributed by atoms with Gasteiger partial charge in [-0.2, -0.15) is 13.2 Å². The van der Waals surface area contributed by atoms with Crippen LogP contribution in [0.15, 0.2) is 47.0 Å². The lowest BCUT2D eigenvalue weighted by Gasteiger charge is -2.36. The number of halogens is 3. The number of fused-ring (bicyclic) bond motifs is 1. The van der Waals surface area contributed by atoms with Crippen LogP contribution in [0, 0.1) is 0 Å². The van der Waals surface area contributed by atoms with Crippen LogP contribution in [0.5, 0.6) is 0 Å². The molecule has 1 aromatic carbocycles. The van der Waals surface area contributed by atoms with Gasteiger partial charge in [-0.15, -0.1) is 0 Å². The van der Waals surface area contributed by atoms with Crippen LogP contribution in [0.4, 0.5) is 18.9 Å². The van der Waals surface area contributed by atoms with Gasteiger partial charge in [0.25, 0.3) is 0 Å². The van der Waals surface area contributed by atoms with Gasteiger partial charge < -0.3 is 15.1 Å². The number of thioether (sulfide) groups is 1. The van der Waals surface area contributed by atoms with Crippen LogP contribution in [0.1, 0.15) is 18.4 Å². The van der Waals surface area contributed by atoms with Crippen LogP contribution in [-0.4, -0.2) is 73.2 Å². The number of hydrogen-bond acceptors (Lipinski definition) is 6. The molecule has 2 aliphatic heterocycles. The minimum atomic E-state index is -4.36. The second kappa shape index (κ2) is 9.80. The van der Waals surface area contributed by atoms with Gasteiger partial charge in [0.15, 0.2) is 5.78 Å². The van der Waals surface area contributed by atoms with Crippen LogP contribution < -0.4 is 10.2 Å². The molecule has 1 amide bonds. The molecule has 0 spiro atoms. The van der Waals surface area contributed by atoms with Crippen molar-refractivity contribution in [1.82, 2.24) is 15.1 Å². The summed E-state index contributed by atoms with van der Waals surface area (Å²) in [6.45, 7) is 3.18. The van der Waals surface area contributed by atoms with Crippen LogP contribution >= 0.6 is 11.8 Å². The summed E-state index contributed by atoms with van der Waals surface area (Å²) in [7, 11) is 2.01. The first kappa shape index (κ1) is 23.7.